The third-order valence-corrected chi connectivity index (χ3v) is 12.1. The van der Waals surface area contributed by atoms with E-state index in [0.717, 1.165) is 70.6 Å². The highest BCUT2D eigenvalue weighted by molar-refractivity contribution is 5.77. The summed E-state index contributed by atoms with van der Waals surface area (Å²) in [4.78, 5) is 26.1. The van der Waals surface area contributed by atoms with Gasteiger partial charge in [-0.15, -0.1) is 0 Å². The lowest BCUT2D eigenvalue weighted by atomic mass is 10.0. The van der Waals surface area contributed by atoms with Crippen molar-refractivity contribution in [1.29, 1.82) is 0 Å². The fourth-order valence-electron chi connectivity index (χ4n) is 8.07. The number of aliphatic hydroxyl groups is 2. The van der Waals surface area contributed by atoms with E-state index in [1.54, 1.807) is 0 Å². The predicted octanol–water partition coefficient (Wildman–Crippen LogP) is 15.5. The molecule has 348 valence electrons. The van der Waals surface area contributed by atoms with Crippen LogP contribution in [-0.2, 0) is 14.3 Å². The lowest BCUT2D eigenvalue weighted by molar-refractivity contribution is -0.151. The second-order valence-electron chi connectivity index (χ2n) is 18.0. The van der Waals surface area contributed by atoms with Crippen LogP contribution in [-0.4, -0.2) is 46.9 Å². The van der Waals surface area contributed by atoms with Crippen LogP contribution in [0, 0.1) is 0 Å². The van der Waals surface area contributed by atoms with Crippen molar-refractivity contribution >= 4 is 11.9 Å². The average Bonchev–Trinajstić information content (AvgIpc) is 3.23. The summed E-state index contributed by atoms with van der Waals surface area (Å²) >= 11 is 0. The molecule has 0 aromatic heterocycles. The van der Waals surface area contributed by atoms with Crippen LogP contribution in [0.2, 0.25) is 0 Å². The molecule has 0 aliphatic carbocycles. The molecule has 0 rings (SSSR count). The molecule has 0 heterocycles. The number of nitrogens with one attached hydrogen (secondary N) is 1. The predicted molar refractivity (Wildman–Crippen MR) is 255 cm³/mol. The zero-order valence-electron chi connectivity index (χ0n) is 39.7. The van der Waals surface area contributed by atoms with E-state index in [0.29, 0.717) is 19.3 Å². The van der Waals surface area contributed by atoms with E-state index in [4.69, 9.17) is 4.74 Å². The summed E-state index contributed by atoms with van der Waals surface area (Å²) in [5, 5.41) is 23.7. The zero-order valence-corrected chi connectivity index (χ0v) is 39.7. The number of esters is 1. The van der Waals surface area contributed by atoms with Gasteiger partial charge in [-0.05, 0) is 51.4 Å². The standard InChI is InChI=1S/C53H101NO5/c1-4-7-10-13-16-19-22-25-26-28-31-34-37-40-43-46-53(58)59-49(44-41-38-35-32-29-27-23-20-17-14-11-8-5-2)47-52(57)54-50(48-55)51(56)45-42-39-36-33-30-24-21-18-15-12-9-6-3/h17,20,23,27,49-51,55-56H,4-16,18-19,21-22,24-26,28-48H2,1-3H3,(H,54,57)/b20-17+,27-23+. The first-order valence-electron chi connectivity index (χ1n) is 26.1. The lowest BCUT2D eigenvalue weighted by Crippen LogP contribution is -2.46. The van der Waals surface area contributed by atoms with Crippen molar-refractivity contribution in [3.05, 3.63) is 24.3 Å². The quantitative estimate of drug-likeness (QED) is 0.0322. The van der Waals surface area contributed by atoms with Crippen molar-refractivity contribution in [3.8, 4) is 0 Å². The molecule has 0 aromatic rings. The number of carbonyl (C=O) groups excluding carboxylic acids is 2. The maximum absolute atomic E-state index is 13.2. The molecule has 3 unspecified atom stereocenters. The Morgan fingerprint density at radius 1 is 0.492 bits per heavy atom. The van der Waals surface area contributed by atoms with Gasteiger partial charge in [0.15, 0.2) is 0 Å². The molecular formula is C53H101NO5. The minimum Gasteiger partial charge on any atom is -0.462 e. The molecule has 0 bridgehead atoms. The smallest absolute Gasteiger partial charge is 0.306 e. The Kier molecular flexibility index (Phi) is 46.1. The molecular weight excluding hydrogens is 731 g/mol. The summed E-state index contributed by atoms with van der Waals surface area (Å²) in [5.74, 6) is -0.480. The van der Waals surface area contributed by atoms with E-state index >= 15 is 0 Å². The van der Waals surface area contributed by atoms with Crippen molar-refractivity contribution in [2.24, 2.45) is 0 Å². The van der Waals surface area contributed by atoms with Crippen LogP contribution in [0.3, 0.4) is 0 Å². The van der Waals surface area contributed by atoms with Gasteiger partial charge in [0.2, 0.25) is 5.91 Å². The number of amides is 1. The Morgan fingerprint density at radius 2 is 0.847 bits per heavy atom. The second kappa shape index (κ2) is 47.4. The van der Waals surface area contributed by atoms with Crippen LogP contribution in [0.25, 0.3) is 0 Å². The van der Waals surface area contributed by atoms with Crippen molar-refractivity contribution in [2.75, 3.05) is 6.61 Å². The highest BCUT2D eigenvalue weighted by atomic mass is 16.5. The van der Waals surface area contributed by atoms with E-state index in [2.05, 4.69) is 50.4 Å². The Labute approximate surface area is 367 Å². The van der Waals surface area contributed by atoms with E-state index in [9.17, 15) is 19.8 Å². The van der Waals surface area contributed by atoms with Crippen molar-refractivity contribution in [3.63, 3.8) is 0 Å². The topological polar surface area (TPSA) is 95.9 Å². The first kappa shape index (κ1) is 57.3. The SMILES string of the molecule is CCCCC/C=C/C=C/CCCCCCC(CC(=O)NC(CO)C(O)CCCCCCCCCCCCCC)OC(=O)CCCCCCCCCCCCCCCCC. The van der Waals surface area contributed by atoms with Crippen molar-refractivity contribution in [2.45, 2.75) is 296 Å². The number of allylic oxidation sites excluding steroid dienone is 4. The van der Waals surface area contributed by atoms with E-state index in [1.807, 2.05) is 0 Å². The Hall–Kier alpha value is -1.66. The molecule has 6 heteroatoms. The van der Waals surface area contributed by atoms with Gasteiger partial charge < -0.3 is 20.3 Å². The number of ether oxygens (including phenoxy) is 1. The van der Waals surface area contributed by atoms with Crippen LogP contribution in [0.15, 0.2) is 24.3 Å². The first-order valence-corrected chi connectivity index (χ1v) is 26.1. The summed E-state index contributed by atoms with van der Waals surface area (Å²) < 4.78 is 5.93. The molecule has 0 fully saturated rings. The normalized spacial score (nSPS) is 13.4. The van der Waals surface area contributed by atoms with E-state index < -0.39 is 18.2 Å². The molecule has 3 N–H and O–H groups in total. The number of hydrogen-bond donors (Lipinski definition) is 3. The highest BCUT2D eigenvalue weighted by Crippen LogP contribution is 2.18. The third-order valence-electron chi connectivity index (χ3n) is 12.1. The molecule has 0 aliphatic heterocycles. The van der Waals surface area contributed by atoms with Gasteiger partial charge in [0.25, 0.3) is 0 Å². The van der Waals surface area contributed by atoms with Gasteiger partial charge in [-0.1, -0.05) is 238 Å². The molecule has 6 nitrogen and oxygen atoms in total. The number of unbranched alkanes of at least 4 members (excludes halogenated alkanes) is 32. The fourth-order valence-corrected chi connectivity index (χ4v) is 8.07. The lowest BCUT2D eigenvalue weighted by Gasteiger charge is -2.24. The van der Waals surface area contributed by atoms with Gasteiger partial charge in [0.1, 0.15) is 6.10 Å². The molecule has 1 amide bonds. The largest absolute Gasteiger partial charge is 0.462 e. The molecule has 0 aromatic carbocycles. The minimum atomic E-state index is -0.788. The van der Waals surface area contributed by atoms with Crippen LogP contribution in [0.1, 0.15) is 278 Å². The van der Waals surface area contributed by atoms with Gasteiger partial charge >= 0.3 is 5.97 Å². The van der Waals surface area contributed by atoms with Crippen LogP contribution < -0.4 is 5.32 Å². The number of aliphatic hydroxyl groups excluding tert-OH is 2. The van der Waals surface area contributed by atoms with Gasteiger partial charge in [0.05, 0.1) is 25.2 Å². The Balaban J connectivity index is 4.56. The highest BCUT2D eigenvalue weighted by Gasteiger charge is 2.24. The minimum absolute atomic E-state index is 0.0692. The molecule has 3 atom stereocenters. The van der Waals surface area contributed by atoms with Crippen LogP contribution >= 0.6 is 0 Å². The molecule has 0 spiro atoms. The van der Waals surface area contributed by atoms with Crippen molar-refractivity contribution < 1.29 is 24.5 Å². The molecule has 59 heavy (non-hydrogen) atoms. The first-order chi connectivity index (χ1) is 29.0. The number of carbonyl (C=O) groups is 2. The molecule has 0 saturated carbocycles. The maximum Gasteiger partial charge on any atom is 0.306 e. The van der Waals surface area contributed by atoms with E-state index in [-0.39, 0.29) is 24.9 Å². The summed E-state index contributed by atoms with van der Waals surface area (Å²) in [5.41, 5.74) is 0. The number of hydrogen-bond acceptors (Lipinski definition) is 5. The van der Waals surface area contributed by atoms with E-state index in [1.165, 1.54) is 161 Å². The van der Waals surface area contributed by atoms with Crippen LogP contribution in [0.4, 0.5) is 0 Å². The molecule has 0 aliphatic rings. The fraction of sp³-hybridized carbons (Fsp3) is 0.887. The van der Waals surface area contributed by atoms with Crippen molar-refractivity contribution in [1.82, 2.24) is 5.32 Å². The monoisotopic (exact) mass is 832 g/mol. The molecule has 0 saturated heterocycles. The summed E-state index contributed by atoms with van der Waals surface area (Å²) in [6.07, 6.45) is 53.8. The van der Waals surface area contributed by atoms with Gasteiger partial charge in [0, 0.05) is 6.42 Å². The van der Waals surface area contributed by atoms with Gasteiger partial charge in [-0.25, -0.2) is 0 Å². The van der Waals surface area contributed by atoms with Gasteiger partial charge in [-0.2, -0.15) is 0 Å². The maximum atomic E-state index is 13.2. The summed E-state index contributed by atoms with van der Waals surface area (Å²) in [6.45, 7) is 6.46. The van der Waals surface area contributed by atoms with Crippen LogP contribution in [0.5, 0.6) is 0 Å². The Morgan fingerprint density at radius 3 is 1.29 bits per heavy atom. The number of rotatable bonds is 47. The summed E-state index contributed by atoms with van der Waals surface area (Å²) in [6, 6.07) is -0.703. The third kappa shape index (κ3) is 42.8. The van der Waals surface area contributed by atoms with Gasteiger partial charge in [-0.3, -0.25) is 9.59 Å². The zero-order chi connectivity index (χ0) is 43.1. The average molecular weight is 832 g/mol. The molecule has 0 radical (unpaired) electrons. The second-order valence-corrected chi connectivity index (χ2v) is 18.0. The Bertz CT molecular complexity index is 935. The summed E-state index contributed by atoms with van der Waals surface area (Å²) in [7, 11) is 0.